The second-order valence-corrected chi connectivity index (χ2v) is 18.3. The van der Waals surface area contributed by atoms with E-state index in [1.807, 2.05) is 57.6 Å². The van der Waals surface area contributed by atoms with Crippen molar-refractivity contribution in [3.63, 3.8) is 0 Å². The van der Waals surface area contributed by atoms with E-state index < -0.39 is 32.5 Å². The normalized spacial score (nSPS) is 14.5. The second kappa shape index (κ2) is 33.8. The maximum Gasteiger partial charge on any atom is 0.472 e. The molecule has 0 aliphatic carbocycles. The molecule has 0 bridgehead atoms. The number of hydrogen-bond donors (Lipinski definition) is 2. The minimum Gasteiger partial charge on any atom is -0.466 e. The van der Waals surface area contributed by atoms with Gasteiger partial charge in [0.2, 0.25) is 0 Å². The van der Waals surface area contributed by atoms with E-state index in [2.05, 4.69) is 39.8 Å². The average Bonchev–Trinajstić information content (AvgIpc) is 3.45. The van der Waals surface area contributed by atoms with Crippen LogP contribution in [0.3, 0.4) is 0 Å². The Morgan fingerprint density at radius 1 is 0.717 bits per heavy atom. The molecular weight excluding hydrogens is 781 g/mol. The summed E-state index contributed by atoms with van der Waals surface area (Å²) in [4.78, 5) is 35.5. The van der Waals surface area contributed by atoms with Gasteiger partial charge >= 0.3 is 19.8 Å². The molecule has 1 heterocycles. The number of phosphoric acid groups is 1. The molecule has 0 saturated carbocycles. The Labute approximate surface area is 363 Å². The lowest BCUT2D eigenvalue weighted by molar-refractivity contribution is -0.870. The van der Waals surface area contributed by atoms with Crippen LogP contribution in [0.4, 0.5) is 0 Å². The Bertz CT molecular complexity index is 1460. The zero-order valence-corrected chi connectivity index (χ0v) is 39.4. The van der Waals surface area contributed by atoms with Crippen LogP contribution in [0.25, 0.3) is 0 Å². The molecule has 2 N–H and O–H groups in total. The standard InChI is InChI=1S/C48H82NO10P/c1-8-10-26-32-43(50)33-27-22-18-14-12-11-13-15-21-25-30-36-48(52)58-44(40-57-60(53,54)56-38-37-49(5,6)7)39-55-47(51)35-29-24-20-17-16-19-23-28-34-46-42(4)41(3)45(59-46)31-9-2/h11-12,15,18,21-22,27,33,43-44,50H,8-10,13-14,16-17,19-20,23-26,28-32,34-40H2,1-7H3/p+1/b12-11-,21-15-,22-18-,33-27+/t43-,44+/m0/s1. The minimum absolute atomic E-state index is 0.00485. The summed E-state index contributed by atoms with van der Waals surface area (Å²) in [6.07, 6.45) is 33.4. The van der Waals surface area contributed by atoms with Gasteiger partial charge in [0.1, 0.15) is 31.3 Å². The Kier molecular flexibility index (Phi) is 31.1. The van der Waals surface area contributed by atoms with E-state index >= 15 is 0 Å². The number of rotatable bonds is 37. The summed E-state index contributed by atoms with van der Waals surface area (Å²) in [5.74, 6) is 1.37. The smallest absolute Gasteiger partial charge is 0.466 e. The predicted molar refractivity (Wildman–Crippen MR) is 243 cm³/mol. The maximum absolute atomic E-state index is 12.7. The van der Waals surface area contributed by atoms with E-state index in [4.69, 9.17) is 22.9 Å². The fraction of sp³-hybridized carbons (Fsp3) is 0.708. The molecule has 0 aliphatic rings. The van der Waals surface area contributed by atoms with Crippen molar-refractivity contribution in [1.82, 2.24) is 0 Å². The summed E-state index contributed by atoms with van der Waals surface area (Å²) < 4.78 is 40.4. The number of unbranched alkanes of at least 4 members (excludes halogenated alkanes) is 10. The molecule has 0 saturated heterocycles. The number of phosphoric ester groups is 1. The van der Waals surface area contributed by atoms with Crippen LogP contribution in [-0.4, -0.2) is 86.1 Å². The summed E-state index contributed by atoms with van der Waals surface area (Å²) in [5, 5.41) is 9.92. The number of quaternary nitrogens is 1. The molecular formula is C48H83NO10P+. The van der Waals surface area contributed by atoms with Crippen molar-refractivity contribution in [3.8, 4) is 0 Å². The summed E-state index contributed by atoms with van der Waals surface area (Å²) in [6, 6.07) is 0. The van der Waals surface area contributed by atoms with Crippen LogP contribution in [0.1, 0.15) is 158 Å². The van der Waals surface area contributed by atoms with Crippen LogP contribution in [0.2, 0.25) is 0 Å². The number of esters is 2. The number of aliphatic hydroxyl groups is 1. The SMILES string of the molecule is CCCCC[C@H](O)/C=C/C=C\C/C=C\C/C=C\CCCC(=O)O[C@H](COC(=O)CCCCCCCCCCc1oc(CCC)c(C)c1C)COP(=O)(O)OCC[N+](C)(C)C. The van der Waals surface area contributed by atoms with Crippen LogP contribution in [0.15, 0.2) is 53.0 Å². The Balaban J connectivity index is 2.39. The van der Waals surface area contributed by atoms with Crippen LogP contribution in [-0.2, 0) is 45.5 Å². The lowest BCUT2D eigenvalue weighted by atomic mass is 10.0. The molecule has 60 heavy (non-hydrogen) atoms. The first-order valence-corrected chi connectivity index (χ1v) is 24.3. The van der Waals surface area contributed by atoms with Gasteiger partial charge in [-0.2, -0.15) is 0 Å². The average molecular weight is 865 g/mol. The van der Waals surface area contributed by atoms with Crippen LogP contribution >= 0.6 is 7.82 Å². The third-order valence-electron chi connectivity index (χ3n) is 10.1. The highest BCUT2D eigenvalue weighted by Crippen LogP contribution is 2.43. The van der Waals surface area contributed by atoms with Gasteiger partial charge in [-0.3, -0.25) is 18.6 Å². The van der Waals surface area contributed by atoms with E-state index in [9.17, 15) is 24.2 Å². The van der Waals surface area contributed by atoms with Gasteiger partial charge < -0.3 is 28.4 Å². The van der Waals surface area contributed by atoms with E-state index in [1.54, 1.807) is 0 Å². The van der Waals surface area contributed by atoms with E-state index in [1.165, 1.54) is 30.4 Å². The van der Waals surface area contributed by atoms with Crippen molar-refractivity contribution in [2.75, 3.05) is 47.5 Å². The lowest BCUT2D eigenvalue weighted by Gasteiger charge is -2.24. The molecule has 12 heteroatoms. The Morgan fingerprint density at radius 3 is 2.00 bits per heavy atom. The van der Waals surface area contributed by atoms with Gasteiger partial charge in [-0.15, -0.1) is 0 Å². The van der Waals surface area contributed by atoms with Gasteiger partial charge in [0.05, 0.1) is 33.9 Å². The molecule has 1 rings (SSSR count). The number of likely N-dealkylation sites (N-methyl/N-ethyl adjacent to an activating group) is 1. The number of aliphatic hydroxyl groups excluding tert-OH is 1. The summed E-state index contributed by atoms with van der Waals surface area (Å²) >= 11 is 0. The molecule has 0 amide bonds. The number of ether oxygens (including phenoxy) is 2. The number of carbonyl (C=O) groups excluding carboxylic acids is 2. The molecule has 1 unspecified atom stereocenters. The first-order chi connectivity index (χ1) is 28.7. The van der Waals surface area contributed by atoms with E-state index in [0.29, 0.717) is 30.3 Å². The molecule has 344 valence electrons. The van der Waals surface area contributed by atoms with Gasteiger partial charge in [-0.25, -0.2) is 4.57 Å². The fourth-order valence-corrected chi connectivity index (χ4v) is 7.02. The van der Waals surface area contributed by atoms with Gasteiger partial charge in [0.25, 0.3) is 0 Å². The maximum atomic E-state index is 12.7. The first-order valence-electron chi connectivity index (χ1n) is 22.8. The molecule has 0 radical (unpaired) electrons. The monoisotopic (exact) mass is 865 g/mol. The highest BCUT2D eigenvalue weighted by atomic mass is 31.2. The molecule has 0 aliphatic heterocycles. The number of hydrogen-bond acceptors (Lipinski definition) is 9. The van der Waals surface area contributed by atoms with Crippen molar-refractivity contribution in [2.45, 2.75) is 175 Å². The van der Waals surface area contributed by atoms with Gasteiger partial charge in [0.15, 0.2) is 6.10 Å². The third kappa shape index (κ3) is 30.3. The molecule has 3 atom stereocenters. The van der Waals surface area contributed by atoms with Crippen molar-refractivity contribution in [2.24, 2.45) is 0 Å². The molecule has 1 aromatic heterocycles. The van der Waals surface area contributed by atoms with E-state index in [-0.39, 0.29) is 32.2 Å². The van der Waals surface area contributed by atoms with Crippen molar-refractivity contribution >= 4 is 19.8 Å². The topological polar surface area (TPSA) is 142 Å². The van der Waals surface area contributed by atoms with Crippen LogP contribution < -0.4 is 0 Å². The Hall–Kier alpha value is -2.79. The number of nitrogens with zero attached hydrogens (tertiary/aromatic N) is 1. The fourth-order valence-electron chi connectivity index (χ4n) is 6.28. The third-order valence-corrected chi connectivity index (χ3v) is 11.1. The van der Waals surface area contributed by atoms with Gasteiger partial charge in [0, 0.05) is 25.7 Å². The number of furan rings is 1. The highest BCUT2D eigenvalue weighted by molar-refractivity contribution is 7.47. The minimum atomic E-state index is -4.42. The van der Waals surface area contributed by atoms with Crippen LogP contribution in [0, 0.1) is 13.8 Å². The number of allylic oxidation sites excluding steroid dienone is 7. The number of carbonyl (C=O) groups is 2. The molecule has 0 fully saturated rings. The largest absolute Gasteiger partial charge is 0.472 e. The highest BCUT2D eigenvalue weighted by Gasteiger charge is 2.27. The van der Waals surface area contributed by atoms with Crippen molar-refractivity contribution in [3.05, 3.63) is 71.3 Å². The van der Waals surface area contributed by atoms with Gasteiger partial charge in [-0.05, 0) is 76.3 Å². The second-order valence-electron chi connectivity index (χ2n) is 16.9. The van der Waals surface area contributed by atoms with E-state index in [0.717, 1.165) is 95.0 Å². The molecule has 1 aromatic rings. The zero-order chi connectivity index (χ0) is 44.5. The zero-order valence-electron chi connectivity index (χ0n) is 38.5. The van der Waals surface area contributed by atoms with Crippen LogP contribution in [0.5, 0.6) is 0 Å². The predicted octanol–water partition coefficient (Wildman–Crippen LogP) is 11.3. The van der Waals surface area contributed by atoms with Crippen molar-refractivity contribution in [1.29, 1.82) is 0 Å². The summed E-state index contributed by atoms with van der Waals surface area (Å²) in [6.45, 7) is 8.43. The van der Waals surface area contributed by atoms with Crippen molar-refractivity contribution < 1.29 is 51.6 Å². The molecule has 11 nitrogen and oxygen atoms in total. The first kappa shape index (κ1) is 55.2. The summed E-state index contributed by atoms with van der Waals surface area (Å²) in [7, 11) is 1.39. The van der Waals surface area contributed by atoms with Gasteiger partial charge in [-0.1, -0.05) is 120 Å². The molecule has 0 aromatic carbocycles. The Morgan fingerprint density at radius 2 is 1.33 bits per heavy atom. The molecule has 0 spiro atoms. The number of aryl methyl sites for hydroxylation is 2. The summed E-state index contributed by atoms with van der Waals surface area (Å²) in [5.41, 5.74) is 2.62. The quantitative estimate of drug-likeness (QED) is 0.0166. The lowest BCUT2D eigenvalue weighted by Crippen LogP contribution is -2.37.